The van der Waals surface area contributed by atoms with Crippen LogP contribution >= 0.6 is 0 Å². The van der Waals surface area contributed by atoms with Gasteiger partial charge in [0.05, 0.1) is 6.10 Å². The molecule has 0 amide bonds. The molecule has 2 nitrogen and oxygen atoms in total. The summed E-state index contributed by atoms with van der Waals surface area (Å²) in [5, 5.41) is 13.0. The molecule has 19 heavy (non-hydrogen) atoms. The van der Waals surface area contributed by atoms with Gasteiger partial charge in [0.2, 0.25) is 0 Å². The number of nitrogens with one attached hydrogen (secondary N) is 1. The first-order chi connectivity index (χ1) is 9.20. The molecule has 3 heteroatoms. The summed E-state index contributed by atoms with van der Waals surface area (Å²) in [6.07, 6.45) is 4.73. The number of hydrogen-bond acceptors (Lipinski definition) is 2. The maximum atomic E-state index is 13.8. The minimum atomic E-state index is -0.124. The van der Waals surface area contributed by atoms with Crippen LogP contribution in [0.1, 0.15) is 50.6 Å². The van der Waals surface area contributed by atoms with Crippen LogP contribution < -0.4 is 5.32 Å². The van der Waals surface area contributed by atoms with Crippen molar-refractivity contribution in [3.05, 3.63) is 35.6 Å². The zero-order valence-corrected chi connectivity index (χ0v) is 11.6. The molecule has 1 fully saturated rings. The molecule has 0 saturated heterocycles. The first-order valence-corrected chi connectivity index (χ1v) is 7.36. The third kappa shape index (κ3) is 4.02. The van der Waals surface area contributed by atoms with Crippen molar-refractivity contribution in [3.8, 4) is 0 Å². The van der Waals surface area contributed by atoms with Crippen LogP contribution in [0.25, 0.3) is 0 Å². The third-order valence-corrected chi connectivity index (χ3v) is 4.16. The van der Waals surface area contributed by atoms with Crippen LogP contribution in [0.15, 0.2) is 24.3 Å². The van der Waals surface area contributed by atoms with Crippen molar-refractivity contribution in [2.45, 2.75) is 51.2 Å². The predicted molar refractivity (Wildman–Crippen MR) is 75.4 cm³/mol. The van der Waals surface area contributed by atoms with Crippen molar-refractivity contribution in [1.29, 1.82) is 0 Å². The molecule has 2 rings (SSSR count). The van der Waals surface area contributed by atoms with Gasteiger partial charge in [-0.1, -0.05) is 25.1 Å². The summed E-state index contributed by atoms with van der Waals surface area (Å²) < 4.78 is 13.8. The molecule has 0 heterocycles. The molecular weight excluding hydrogens is 241 g/mol. The zero-order valence-electron chi connectivity index (χ0n) is 11.6. The molecule has 1 atom stereocenters. The largest absolute Gasteiger partial charge is 0.393 e. The first-order valence-electron chi connectivity index (χ1n) is 7.36. The van der Waals surface area contributed by atoms with Gasteiger partial charge in [0, 0.05) is 11.6 Å². The molecule has 0 aromatic heterocycles. The summed E-state index contributed by atoms with van der Waals surface area (Å²) in [6, 6.07) is 7.10. The second-order valence-corrected chi connectivity index (χ2v) is 5.57. The normalized spacial score (nSPS) is 25.2. The first kappa shape index (κ1) is 14.5. The zero-order chi connectivity index (χ0) is 13.7. The van der Waals surface area contributed by atoms with Gasteiger partial charge in [0.25, 0.3) is 0 Å². The second-order valence-electron chi connectivity index (χ2n) is 5.57. The van der Waals surface area contributed by atoms with E-state index >= 15 is 0 Å². The lowest BCUT2D eigenvalue weighted by atomic mass is 9.87. The number of aliphatic hydroxyl groups excluding tert-OH is 1. The summed E-state index contributed by atoms with van der Waals surface area (Å²) >= 11 is 0. The van der Waals surface area contributed by atoms with E-state index in [9.17, 15) is 9.50 Å². The number of halogens is 1. The van der Waals surface area contributed by atoms with E-state index < -0.39 is 0 Å². The molecule has 1 unspecified atom stereocenters. The smallest absolute Gasteiger partial charge is 0.127 e. The fourth-order valence-corrected chi connectivity index (χ4v) is 2.89. The molecule has 0 radical (unpaired) electrons. The average molecular weight is 265 g/mol. The van der Waals surface area contributed by atoms with Gasteiger partial charge in [0.15, 0.2) is 0 Å². The van der Waals surface area contributed by atoms with Crippen LogP contribution in [0.3, 0.4) is 0 Å². The van der Waals surface area contributed by atoms with Crippen molar-refractivity contribution >= 4 is 0 Å². The standard InChI is InChI=1S/C16H24FNO/c1-2-16(14-5-3-4-6-15(14)17)18-11-12-7-9-13(19)10-8-12/h3-6,12-13,16,18-19H,2,7-11H2,1H3. The highest BCUT2D eigenvalue weighted by Gasteiger charge is 2.21. The third-order valence-electron chi connectivity index (χ3n) is 4.16. The average Bonchev–Trinajstić information content (AvgIpc) is 2.43. The van der Waals surface area contributed by atoms with Crippen LogP contribution in [0.5, 0.6) is 0 Å². The fraction of sp³-hybridized carbons (Fsp3) is 0.625. The molecule has 2 N–H and O–H groups in total. The van der Waals surface area contributed by atoms with E-state index in [-0.39, 0.29) is 18.0 Å². The van der Waals surface area contributed by atoms with Gasteiger partial charge in [-0.3, -0.25) is 0 Å². The molecule has 1 aromatic carbocycles. The predicted octanol–water partition coefficient (Wildman–Crippen LogP) is 3.42. The minimum Gasteiger partial charge on any atom is -0.393 e. The summed E-state index contributed by atoms with van der Waals surface area (Å²) in [5.41, 5.74) is 0.765. The highest BCUT2D eigenvalue weighted by atomic mass is 19.1. The maximum Gasteiger partial charge on any atom is 0.127 e. The van der Waals surface area contributed by atoms with Crippen LogP contribution in [0, 0.1) is 11.7 Å². The quantitative estimate of drug-likeness (QED) is 0.855. The van der Waals surface area contributed by atoms with Crippen molar-refractivity contribution < 1.29 is 9.50 Å². The number of hydrogen-bond donors (Lipinski definition) is 2. The van der Waals surface area contributed by atoms with Crippen molar-refractivity contribution in [2.75, 3.05) is 6.54 Å². The minimum absolute atomic E-state index is 0.0908. The van der Waals surface area contributed by atoms with Crippen LogP contribution in [0.4, 0.5) is 4.39 Å². The van der Waals surface area contributed by atoms with Crippen LogP contribution in [-0.4, -0.2) is 17.8 Å². The van der Waals surface area contributed by atoms with E-state index in [1.807, 2.05) is 12.1 Å². The van der Waals surface area contributed by atoms with E-state index in [4.69, 9.17) is 0 Å². The number of aliphatic hydroxyl groups is 1. The Morgan fingerprint density at radius 1 is 1.26 bits per heavy atom. The Morgan fingerprint density at radius 3 is 2.58 bits per heavy atom. The van der Waals surface area contributed by atoms with Gasteiger partial charge < -0.3 is 10.4 Å². The topological polar surface area (TPSA) is 32.3 Å². The van der Waals surface area contributed by atoms with E-state index in [1.54, 1.807) is 6.07 Å². The van der Waals surface area contributed by atoms with Gasteiger partial charge in [-0.15, -0.1) is 0 Å². The van der Waals surface area contributed by atoms with Crippen LogP contribution in [-0.2, 0) is 0 Å². The molecule has 106 valence electrons. The second kappa shape index (κ2) is 7.01. The van der Waals surface area contributed by atoms with Crippen LogP contribution in [0.2, 0.25) is 0 Å². The van der Waals surface area contributed by atoms with Gasteiger partial charge in [0.1, 0.15) is 5.82 Å². The van der Waals surface area contributed by atoms with Gasteiger partial charge in [-0.2, -0.15) is 0 Å². The molecule has 1 saturated carbocycles. The lowest BCUT2D eigenvalue weighted by Crippen LogP contribution is -2.30. The van der Waals surface area contributed by atoms with Crippen molar-refractivity contribution in [1.82, 2.24) is 5.32 Å². The fourth-order valence-electron chi connectivity index (χ4n) is 2.89. The molecule has 0 bridgehead atoms. The maximum absolute atomic E-state index is 13.8. The van der Waals surface area contributed by atoms with E-state index in [1.165, 1.54) is 6.07 Å². The molecule has 1 aliphatic carbocycles. The Hall–Kier alpha value is -0.930. The Morgan fingerprint density at radius 2 is 1.95 bits per heavy atom. The van der Waals surface area contributed by atoms with Gasteiger partial charge >= 0.3 is 0 Å². The SMILES string of the molecule is CCC(NCC1CCC(O)CC1)c1ccccc1F. The Labute approximate surface area is 115 Å². The lowest BCUT2D eigenvalue weighted by Gasteiger charge is -2.27. The lowest BCUT2D eigenvalue weighted by molar-refractivity contribution is 0.107. The summed E-state index contributed by atoms with van der Waals surface area (Å²) in [4.78, 5) is 0. The molecule has 0 spiro atoms. The highest BCUT2D eigenvalue weighted by Crippen LogP contribution is 2.25. The Kier molecular flexibility index (Phi) is 5.34. The van der Waals surface area contributed by atoms with E-state index in [0.29, 0.717) is 5.92 Å². The number of benzene rings is 1. The van der Waals surface area contributed by atoms with Crippen molar-refractivity contribution in [2.24, 2.45) is 5.92 Å². The van der Waals surface area contributed by atoms with E-state index in [2.05, 4.69) is 12.2 Å². The van der Waals surface area contributed by atoms with Crippen molar-refractivity contribution in [3.63, 3.8) is 0 Å². The van der Waals surface area contributed by atoms with E-state index in [0.717, 1.165) is 44.2 Å². The molecular formula is C16H24FNO. The molecule has 1 aromatic rings. The highest BCUT2D eigenvalue weighted by molar-refractivity contribution is 5.21. The number of rotatable bonds is 5. The van der Waals surface area contributed by atoms with Gasteiger partial charge in [-0.05, 0) is 50.6 Å². The summed E-state index contributed by atoms with van der Waals surface area (Å²) in [5.74, 6) is 0.491. The Bertz CT molecular complexity index is 388. The molecule has 1 aliphatic rings. The summed E-state index contributed by atoms with van der Waals surface area (Å²) in [7, 11) is 0. The molecule has 0 aliphatic heterocycles. The summed E-state index contributed by atoms with van der Waals surface area (Å²) in [6.45, 7) is 2.99. The Balaban J connectivity index is 1.88. The van der Waals surface area contributed by atoms with Gasteiger partial charge in [-0.25, -0.2) is 4.39 Å². The monoisotopic (exact) mass is 265 g/mol.